The molecule has 0 atom stereocenters. The minimum absolute atomic E-state index is 0.0970. The summed E-state index contributed by atoms with van der Waals surface area (Å²) in [4.78, 5) is 12.6. The lowest BCUT2D eigenvalue weighted by atomic mass is 10.1. The van der Waals surface area contributed by atoms with Crippen LogP contribution >= 0.6 is 0 Å². The minimum Gasteiger partial charge on any atom is -0.497 e. The third kappa shape index (κ3) is 3.26. The number of alkyl halides is 2. The molecular formula is C18H13F2N3O4. The van der Waals surface area contributed by atoms with Crippen LogP contribution in [0, 0.1) is 0 Å². The molecular weight excluding hydrogens is 360 g/mol. The van der Waals surface area contributed by atoms with Crippen LogP contribution in [0.3, 0.4) is 0 Å². The van der Waals surface area contributed by atoms with E-state index in [0.717, 1.165) is 5.56 Å². The number of rotatable bonds is 4. The SMILES string of the molecule is COc1ccc(-c2[nH]ncc2C(=O)Nc2ccc3c(c2)OC(F)(F)O3)cc1. The van der Waals surface area contributed by atoms with Crippen molar-refractivity contribution in [2.24, 2.45) is 0 Å². The summed E-state index contributed by atoms with van der Waals surface area (Å²) in [5.74, 6) is -0.0257. The van der Waals surface area contributed by atoms with Crippen molar-refractivity contribution in [2.75, 3.05) is 12.4 Å². The van der Waals surface area contributed by atoms with Crippen LogP contribution in [0.4, 0.5) is 14.5 Å². The lowest BCUT2D eigenvalue weighted by Crippen LogP contribution is -2.25. The Morgan fingerprint density at radius 3 is 2.63 bits per heavy atom. The molecule has 2 aromatic carbocycles. The molecule has 0 fully saturated rings. The Labute approximate surface area is 151 Å². The van der Waals surface area contributed by atoms with Gasteiger partial charge in [-0.2, -0.15) is 5.10 Å². The van der Waals surface area contributed by atoms with E-state index >= 15 is 0 Å². The van der Waals surface area contributed by atoms with Gasteiger partial charge < -0.3 is 19.5 Å². The number of aromatic nitrogens is 2. The molecule has 1 aliphatic rings. The first kappa shape index (κ1) is 16.8. The number of hydrogen-bond donors (Lipinski definition) is 2. The smallest absolute Gasteiger partial charge is 0.497 e. The van der Waals surface area contributed by atoms with Crippen LogP contribution in [0.2, 0.25) is 0 Å². The molecule has 0 spiro atoms. The number of carbonyl (C=O) groups excluding carboxylic acids is 1. The maximum absolute atomic E-state index is 13.1. The number of hydrogen-bond acceptors (Lipinski definition) is 5. The first-order valence-corrected chi connectivity index (χ1v) is 7.84. The predicted molar refractivity (Wildman–Crippen MR) is 91.2 cm³/mol. The third-order valence-corrected chi connectivity index (χ3v) is 3.92. The van der Waals surface area contributed by atoms with Gasteiger partial charge in [-0.3, -0.25) is 9.89 Å². The molecule has 0 saturated carbocycles. The van der Waals surface area contributed by atoms with Crippen LogP contribution in [0.5, 0.6) is 17.2 Å². The first-order valence-electron chi connectivity index (χ1n) is 7.84. The normalized spacial score (nSPS) is 14.0. The molecule has 0 unspecified atom stereocenters. The second-order valence-corrected chi connectivity index (χ2v) is 5.67. The highest BCUT2D eigenvalue weighted by atomic mass is 19.3. The number of fused-ring (bicyclic) bond motifs is 1. The van der Waals surface area contributed by atoms with Crippen molar-refractivity contribution in [2.45, 2.75) is 6.29 Å². The number of aromatic amines is 1. The molecule has 2 heterocycles. The molecule has 3 aromatic rings. The van der Waals surface area contributed by atoms with Gasteiger partial charge in [0.05, 0.1) is 24.6 Å². The molecule has 2 N–H and O–H groups in total. The van der Waals surface area contributed by atoms with E-state index in [0.29, 0.717) is 17.0 Å². The van der Waals surface area contributed by atoms with Crippen molar-refractivity contribution < 1.29 is 27.8 Å². The lowest BCUT2D eigenvalue weighted by molar-refractivity contribution is -0.286. The topological polar surface area (TPSA) is 85.5 Å². The van der Waals surface area contributed by atoms with E-state index in [1.807, 2.05) is 0 Å². The minimum atomic E-state index is -3.71. The molecule has 1 aromatic heterocycles. The summed E-state index contributed by atoms with van der Waals surface area (Å²) in [7, 11) is 1.56. The quantitative estimate of drug-likeness (QED) is 0.729. The van der Waals surface area contributed by atoms with E-state index in [1.54, 1.807) is 31.4 Å². The van der Waals surface area contributed by atoms with Crippen LogP contribution in [-0.4, -0.2) is 29.5 Å². The van der Waals surface area contributed by atoms with Crippen molar-refractivity contribution in [3.8, 4) is 28.5 Å². The van der Waals surface area contributed by atoms with E-state index < -0.39 is 12.2 Å². The highest BCUT2D eigenvalue weighted by Gasteiger charge is 2.43. The van der Waals surface area contributed by atoms with Gasteiger partial charge in [-0.05, 0) is 36.4 Å². The number of H-pyrrole nitrogens is 1. The molecule has 138 valence electrons. The maximum Gasteiger partial charge on any atom is 0.586 e. The predicted octanol–water partition coefficient (Wildman–Crippen LogP) is 3.66. The third-order valence-electron chi connectivity index (χ3n) is 3.92. The lowest BCUT2D eigenvalue weighted by Gasteiger charge is -2.07. The van der Waals surface area contributed by atoms with Crippen LogP contribution < -0.4 is 19.5 Å². The highest BCUT2D eigenvalue weighted by molar-refractivity contribution is 6.08. The molecule has 0 bridgehead atoms. The highest BCUT2D eigenvalue weighted by Crippen LogP contribution is 2.42. The van der Waals surface area contributed by atoms with Gasteiger partial charge in [-0.15, -0.1) is 8.78 Å². The van der Waals surface area contributed by atoms with E-state index in [9.17, 15) is 13.6 Å². The van der Waals surface area contributed by atoms with Crippen LogP contribution in [0.1, 0.15) is 10.4 Å². The molecule has 1 amide bonds. The van der Waals surface area contributed by atoms with Gasteiger partial charge in [0.1, 0.15) is 5.75 Å². The van der Waals surface area contributed by atoms with Crippen molar-refractivity contribution >= 4 is 11.6 Å². The summed E-state index contributed by atoms with van der Waals surface area (Å²) < 4.78 is 40.0. The number of methoxy groups -OCH3 is 1. The van der Waals surface area contributed by atoms with Gasteiger partial charge in [0.25, 0.3) is 5.91 Å². The monoisotopic (exact) mass is 373 g/mol. The Balaban J connectivity index is 1.56. The number of ether oxygens (including phenoxy) is 3. The zero-order valence-corrected chi connectivity index (χ0v) is 14.0. The number of benzene rings is 2. The van der Waals surface area contributed by atoms with Gasteiger partial charge in [0, 0.05) is 17.3 Å². The second-order valence-electron chi connectivity index (χ2n) is 5.67. The van der Waals surface area contributed by atoms with Crippen molar-refractivity contribution in [3.05, 3.63) is 54.2 Å². The summed E-state index contributed by atoms with van der Waals surface area (Å²) in [5.41, 5.74) is 1.83. The largest absolute Gasteiger partial charge is 0.586 e. The van der Waals surface area contributed by atoms with Gasteiger partial charge in [-0.1, -0.05) is 0 Å². The summed E-state index contributed by atoms with van der Waals surface area (Å²) in [5, 5.41) is 9.33. The van der Waals surface area contributed by atoms with Crippen LogP contribution in [0.15, 0.2) is 48.7 Å². The number of halogens is 2. The summed E-state index contributed by atoms with van der Waals surface area (Å²) in [6, 6.07) is 11.1. The molecule has 27 heavy (non-hydrogen) atoms. The average molecular weight is 373 g/mol. The van der Waals surface area contributed by atoms with Crippen molar-refractivity contribution in [3.63, 3.8) is 0 Å². The maximum atomic E-state index is 13.1. The Morgan fingerprint density at radius 1 is 1.15 bits per heavy atom. The summed E-state index contributed by atoms with van der Waals surface area (Å²) in [6.45, 7) is 0. The van der Waals surface area contributed by atoms with E-state index in [2.05, 4.69) is 25.0 Å². The van der Waals surface area contributed by atoms with Gasteiger partial charge >= 0.3 is 6.29 Å². The number of nitrogens with zero attached hydrogens (tertiary/aromatic N) is 1. The fourth-order valence-electron chi connectivity index (χ4n) is 2.66. The molecule has 0 saturated heterocycles. The first-order chi connectivity index (χ1) is 12.9. The Bertz CT molecular complexity index is 1000. The van der Waals surface area contributed by atoms with Crippen molar-refractivity contribution in [1.29, 1.82) is 0 Å². The molecule has 7 nitrogen and oxygen atoms in total. The molecule has 9 heteroatoms. The number of nitrogens with one attached hydrogen (secondary N) is 2. The zero-order chi connectivity index (χ0) is 19.0. The number of anilines is 1. The van der Waals surface area contributed by atoms with E-state index in [1.165, 1.54) is 24.4 Å². The summed E-state index contributed by atoms with van der Waals surface area (Å²) in [6.07, 6.45) is -2.33. The van der Waals surface area contributed by atoms with Crippen LogP contribution in [0.25, 0.3) is 11.3 Å². The second kappa shape index (κ2) is 6.27. The fraction of sp³-hybridized carbons (Fsp3) is 0.111. The molecule has 4 rings (SSSR count). The number of carbonyl (C=O) groups is 1. The zero-order valence-electron chi connectivity index (χ0n) is 14.0. The Kier molecular flexibility index (Phi) is 3.91. The molecule has 1 aliphatic heterocycles. The molecule has 0 aliphatic carbocycles. The molecule has 0 radical (unpaired) electrons. The average Bonchev–Trinajstić information content (AvgIpc) is 3.24. The van der Waals surface area contributed by atoms with Crippen molar-refractivity contribution in [1.82, 2.24) is 10.2 Å². The standard InChI is InChI=1S/C18H13F2N3O4/c1-25-12-5-2-10(3-6-12)16-13(9-21-23-16)17(24)22-11-4-7-14-15(8-11)27-18(19,20)26-14/h2-9H,1H3,(H,21,23)(H,22,24). The fourth-order valence-corrected chi connectivity index (χ4v) is 2.66. The van der Waals surface area contributed by atoms with Gasteiger partial charge in [-0.25, -0.2) is 0 Å². The Morgan fingerprint density at radius 2 is 1.89 bits per heavy atom. The van der Waals surface area contributed by atoms with E-state index in [4.69, 9.17) is 4.74 Å². The summed E-state index contributed by atoms with van der Waals surface area (Å²) >= 11 is 0. The van der Waals surface area contributed by atoms with Gasteiger partial charge in [0.2, 0.25) is 0 Å². The van der Waals surface area contributed by atoms with Gasteiger partial charge in [0.15, 0.2) is 11.5 Å². The van der Waals surface area contributed by atoms with Crippen LogP contribution in [-0.2, 0) is 0 Å². The Hall–Kier alpha value is -3.62. The van der Waals surface area contributed by atoms with E-state index in [-0.39, 0.29) is 17.2 Å². The number of amides is 1.